The zero-order valence-electron chi connectivity index (χ0n) is 12.4. The van der Waals surface area contributed by atoms with Gasteiger partial charge in [0, 0.05) is 10.2 Å². The molecule has 3 heteroatoms. The molecule has 110 valence electrons. The highest BCUT2D eigenvalue weighted by Crippen LogP contribution is 2.43. The fourth-order valence-electron chi connectivity index (χ4n) is 2.71. The third-order valence-electron chi connectivity index (χ3n) is 3.93. The molecule has 0 bridgehead atoms. The van der Waals surface area contributed by atoms with Crippen LogP contribution in [0.2, 0.25) is 0 Å². The highest BCUT2D eigenvalue weighted by atomic mass is 79.9. The molecule has 0 aliphatic heterocycles. The number of benzene rings is 2. The number of methoxy groups -OCH3 is 1. The Hall–Kier alpha value is -1.48. The van der Waals surface area contributed by atoms with Crippen LogP contribution in [0.1, 0.15) is 30.0 Å². The van der Waals surface area contributed by atoms with Crippen molar-refractivity contribution in [1.29, 1.82) is 0 Å². The predicted octanol–water partition coefficient (Wildman–Crippen LogP) is 5.33. The van der Waals surface area contributed by atoms with Crippen LogP contribution in [0.25, 0.3) is 0 Å². The van der Waals surface area contributed by atoms with Crippen molar-refractivity contribution in [2.24, 2.45) is 5.92 Å². The van der Waals surface area contributed by atoms with Crippen molar-refractivity contribution in [1.82, 2.24) is 0 Å². The van der Waals surface area contributed by atoms with Crippen molar-refractivity contribution < 1.29 is 4.74 Å². The third-order valence-corrected chi connectivity index (χ3v) is 4.39. The van der Waals surface area contributed by atoms with E-state index in [1.54, 1.807) is 7.11 Å². The first-order valence-electron chi connectivity index (χ1n) is 7.33. The average molecular weight is 346 g/mol. The molecular weight excluding hydrogens is 326 g/mol. The topological polar surface area (TPSA) is 21.3 Å². The number of hydrogen-bond donors (Lipinski definition) is 1. The van der Waals surface area contributed by atoms with Gasteiger partial charge in [0.15, 0.2) is 0 Å². The summed E-state index contributed by atoms with van der Waals surface area (Å²) in [6.07, 6.45) is 2.60. The molecular formula is C18H20BrNO. The number of ether oxygens (including phenoxy) is 1. The van der Waals surface area contributed by atoms with Crippen LogP contribution in [0, 0.1) is 12.8 Å². The molecule has 1 N–H and O–H groups in total. The molecule has 0 aromatic heterocycles. The first-order valence-corrected chi connectivity index (χ1v) is 8.12. The van der Waals surface area contributed by atoms with E-state index >= 15 is 0 Å². The summed E-state index contributed by atoms with van der Waals surface area (Å²) >= 11 is 3.57. The number of nitrogens with one attached hydrogen (secondary N) is 1. The maximum Gasteiger partial charge on any atom is 0.118 e. The van der Waals surface area contributed by atoms with Crippen LogP contribution in [-0.2, 0) is 0 Å². The molecule has 2 aromatic carbocycles. The fourth-order valence-corrected chi connectivity index (χ4v) is 3.32. The van der Waals surface area contributed by atoms with Crippen LogP contribution in [0.5, 0.6) is 5.75 Å². The van der Waals surface area contributed by atoms with Crippen molar-refractivity contribution in [3.63, 3.8) is 0 Å². The van der Waals surface area contributed by atoms with E-state index in [0.29, 0.717) is 6.04 Å². The Balaban J connectivity index is 1.84. The fraction of sp³-hybridized carbons (Fsp3) is 0.333. The minimum Gasteiger partial charge on any atom is -0.497 e. The zero-order valence-corrected chi connectivity index (χ0v) is 14.0. The van der Waals surface area contributed by atoms with E-state index < -0.39 is 0 Å². The highest BCUT2D eigenvalue weighted by molar-refractivity contribution is 9.10. The molecule has 0 spiro atoms. The molecule has 1 fully saturated rings. The number of halogens is 1. The summed E-state index contributed by atoms with van der Waals surface area (Å²) in [5.41, 5.74) is 3.77. The lowest BCUT2D eigenvalue weighted by Crippen LogP contribution is -2.13. The number of rotatable bonds is 5. The van der Waals surface area contributed by atoms with Gasteiger partial charge in [-0.15, -0.1) is 0 Å². The van der Waals surface area contributed by atoms with Crippen LogP contribution in [0.15, 0.2) is 46.9 Å². The van der Waals surface area contributed by atoms with Gasteiger partial charge in [-0.25, -0.2) is 0 Å². The molecule has 3 rings (SSSR count). The Morgan fingerprint density at radius 1 is 1.14 bits per heavy atom. The van der Waals surface area contributed by atoms with E-state index in [4.69, 9.17) is 4.74 Å². The van der Waals surface area contributed by atoms with Crippen molar-refractivity contribution in [2.75, 3.05) is 12.4 Å². The molecule has 1 aliphatic rings. The van der Waals surface area contributed by atoms with E-state index in [9.17, 15) is 0 Å². The molecule has 2 nitrogen and oxygen atoms in total. The molecule has 0 amide bonds. The van der Waals surface area contributed by atoms with Crippen molar-refractivity contribution in [2.45, 2.75) is 25.8 Å². The standard InChI is InChI=1S/C18H20BrNO/c1-12-9-15(19)11-16(10-12)20-18(13-3-4-13)14-5-7-17(21-2)8-6-14/h5-11,13,18,20H,3-4H2,1-2H3. The van der Waals surface area contributed by atoms with Gasteiger partial charge in [0.25, 0.3) is 0 Å². The first kappa shape index (κ1) is 14.5. The summed E-state index contributed by atoms with van der Waals surface area (Å²) < 4.78 is 6.37. The molecule has 1 saturated carbocycles. The largest absolute Gasteiger partial charge is 0.497 e. The van der Waals surface area contributed by atoms with Gasteiger partial charge in [-0.1, -0.05) is 28.1 Å². The molecule has 0 saturated heterocycles. The second-order valence-electron chi connectivity index (χ2n) is 5.75. The molecule has 0 heterocycles. The lowest BCUT2D eigenvalue weighted by Gasteiger charge is -2.21. The lowest BCUT2D eigenvalue weighted by molar-refractivity contribution is 0.414. The smallest absolute Gasteiger partial charge is 0.118 e. The van der Waals surface area contributed by atoms with Gasteiger partial charge >= 0.3 is 0 Å². The second-order valence-corrected chi connectivity index (χ2v) is 6.67. The third kappa shape index (κ3) is 3.59. The molecule has 2 aromatic rings. The van der Waals surface area contributed by atoms with Crippen molar-refractivity contribution >= 4 is 21.6 Å². The van der Waals surface area contributed by atoms with E-state index in [1.807, 2.05) is 12.1 Å². The number of hydrogen-bond acceptors (Lipinski definition) is 2. The maximum atomic E-state index is 5.25. The summed E-state index contributed by atoms with van der Waals surface area (Å²) in [6.45, 7) is 2.12. The Labute approximate surface area is 134 Å². The minimum absolute atomic E-state index is 0.379. The normalized spacial score (nSPS) is 15.6. The van der Waals surface area contributed by atoms with Crippen LogP contribution in [0.4, 0.5) is 5.69 Å². The van der Waals surface area contributed by atoms with E-state index in [-0.39, 0.29) is 0 Å². The van der Waals surface area contributed by atoms with Gasteiger partial charge in [0.1, 0.15) is 5.75 Å². The Morgan fingerprint density at radius 3 is 2.43 bits per heavy atom. The van der Waals surface area contributed by atoms with Gasteiger partial charge < -0.3 is 10.1 Å². The van der Waals surface area contributed by atoms with E-state index in [2.05, 4.69) is 58.5 Å². The minimum atomic E-state index is 0.379. The molecule has 1 aliphatic carbocycles. The predicted molar refractivity (Wildman–Crippen MR) is 91.0 cm³/mol. The van der Waals surface area contributed by atoms with E-state index in [1.165, 1.54) is 29.7 Å². The molecule has 1 atom stereocenters. The van der Waals surface area contributed by atoms with Gasteiger partial charge in [0.2, 0.25) is 0 Å². The zero-order chi connectivity index (χ0) is 14.8. The monoisotopic (exact) mass is 345 g/mol. The van der Waals surface area contributed by atoms with Crippen LogP contribution >= 0.6 is 15.9 Å². The summed E-state index contributed by atoms with van der Waals surface area (Å²) in [5, 5.41) is 3.71. The molecule has 21 heavy (non-hydrogen) atoms. The Kier molecular flexibility index (Phi) is 4.20. The van der Waals surface area contributed by atoms with Crippen LogP contribution < -0.4 is 10.1 Å². The van der Waals surface area contributed by atoms with Crippen LogP contribution in [0.3, 0.4) is 0 Å². The van der Waals surface area contributed by atoms with Gasteiger partial charge in [0.05, 0.1) is 13.2 Å². The molecule has 0 radical (unpaired) electrons. The van der Waals surface area contributed by atoms with Gasteiger partial charge in [-0.2, -0.15) is 0 Å². The van der Waals surface area contributed by atoms with E-state index in [0.717, 1.165) is 16.1 Å². The Bertz CT molecular complexity index is 599. The number of anilines is 1. The summed E-state index contributed by atoms with van der Waals surface area (Å²) in [4.78, 5) is 0. The SMILES string of the molecule is COc1ccc(C(Nc2cc(C)cc(Br)c2)C2CC2)cc1. The number of aryl methyl sites for hydroxylation is 1. The molecule has 1 unspecified atom stereocenters. The Morgan fingerprint density at radius 2 is 1.86 bits per heavy atom. The summed E-state index contributed by atoms with van der Waals surface area (Å²) in [6, 6.07) is 15.3. The van der Waals surface area contributed by atoms with Gasteiger partial charge in [-0.05, 0) is 67.1 Å². The quantitative estimate of drug-likeness (QED) is 0.790. The first-order chi connectivity index (χ1) is 10.2. The maximum absolute atomic E-state index is 5.25. The summed E-state index contributed by atoms with van der Waals surface area (Å²) in [7, 11) is 1.70. The van der Waals surface area contributed by atoms with Gasteiger partial charge in [-0.3, -0.25) is 0 Å². The average Bonchev–Trinajstić information content (AvgIpc) is 3.28. The second kappa shape index (κ2) is 6.10. The van der Waals surface area contributed by atoms with Crippen molar-refractivity contribution in [3.8, 4) is 5.75 Å². The lowest BCUT2D eigenvalue weighted by atomic mass is 10.0. The summed E-state index contributed by atoms with van der Waals surface area (Å²) in [5.74, 6) is 1.64. The van der Waals surface area contributed by atoms with Crippen LogP contribution in [-0.4, -0.2) is 7.11 Å². The van der Waals surface area contributed by atoms with Crippen molar-refractivity contribution in [3.05, 3.63) is 58.1 Å². The highest BCUT2D eigenvalue weighted by Gasteiger charge is 2.32.